The van der Waals surface area contributed by atoms with Gasteiger partial charge in [-0.2, -0.15) is 9.94 Å². The molecule has 2 aliphatic rings. The van der Waals surface area contributed by atoms with Crippen molar-refractivity contribution in [3.05, 3.63) is 71.6 Å². The molecule has 4 N–H and O–H groups in total. The normalized spacial score (nSPS) is 14.7. The Labute approximate surface area is 413 Å². The van der Waals surface area contributed by atoms with Crippen LogP contribution in [0, 0.1) is 23.7 Å². The van der Waals surface area contributed by atoms with E-state index in [1.807, 2.05) is 30.3 Å². The lowest BCUT2D eigenvalue weighted by Crippen LogP contribution is -2.48. The van der Waals surface area contributed by atoms with E-state index in [-0.39, 0.29) is 55.2 Å². The molecule has 71 heavy (non-hydrogen) atoms. The Kier molecular flexibility index (Phi) is 21.9. The van der Waals surface area contributed by atoms with Crippen molar-refractivity contribution in [2.75, 3.05) is 125 Å². The number of H-pyrrole nitrogens is 1. The van der Waals surface area contributed by atoms with E-state index >= 15 is 0 Å². The number of ether oxygens (including phenoxy) is 5. The standard InChI is InChI=1S/C50H65N11O10/c1-3-24-68-26-28-70-30-31-71-29-27-69-25-23-59-21-19-58(20-22-59)16-14-43(63)52-15-8-7-11-39(35-62)56-49(65)47-55-36-61(57-47)48-45-44(42(67-2)34-54-48)41(33-53-45)46(64)50(66)60-17-12-38(13-18-60)40(32-51)37-9-5-4-6-10-37/h1,4-6,9-10,33-34,36,39,53,62H,7-8,11-31,35H2,2H3,(H,52,63)(H,56,65)/t39-/m0/s1. The Bertz CT molecular complexity index is 2460. The number of fused-ring (bicyclic) bond motifs is 1. The maximum atomic E-state index is 13.8. The summed E-state index contributed by atoms with van der Waals surface area (Å²) >= 11 is 0. The maximum absolute atomic E-state index is 13.8. The molecule has 0 saturated carbocycles. The summed E-state index contributed by atoms with van der Waals surface area (Å²) in [6.07, 6.45) is 12.3. The van der Waals surface area contributed by atoms with Crippen LogP contribution in [0.15, 0.2) is 54.6 Å². The van der Waals surface area contributed by atoms with E-state index in [1.54, 1.807) is 0 Å². The minimum absolute atomic E-state index is 0.0167. The summed E-state index contributed by atoms with van der Waals surface area (Å²) < 4.78 is 28.6. The number of carbonyl (C=O) groups excluding carboxylic acids is 4. The summed E-state index contributed by atoms with van der Waals surface area (Å²) in [6.45, 7) is 9.78. The molecule has 0 radical (unpaired) electrons. The Morgan fingerprint density at radius 3 is 2.23 bits per heavy atom. The van der Waals surface area contributed by atoms with Crippen LogP contribution in [0.1, 0.15) is 65.1 Å². The number of rotatable bonds is 29. The second-order valence-electron chi connectivity index (χ2n) is 16.9. The molecule has 3 amide bonds. The number of aromatic amines is 1. The summed E-state index contributed by atoms with van der Waals surface area (Å²) in [5, 5.41) is 30.3. The number of aliphatic hydroxyl groups is 1. The van der Waals surface area contributed by atoms with Gasteiger partial charge in [-0.15, -0.1) is 11.5 Å². The lowest BCUT2D eigenvalue weighted by atomic mass is 9.93. The number of Topliss-reactive ketones (excluding diaryl/α,β-unsaturated/α-hetero) is 1. The third kappa shape index (κ3) is 16.0. The number of amides is 3. The van der Waals surface area contributed by atoms with Gasteiger partial charge in [-0.05, 0) is 43.2 Å². The molecule has 2 aliphatic heterocycles. The molecule has 0 unspecified atom stereocenters. The van der Waals surface area contributed by atoms with Crippen molar-refractivity contribution in [2.24, 2.45) is 0 Å². The summed E-state index contributed by atoms with van der Waals surface area (Å²) in [7, 11) is 1.43. The molecule has 0 bridgehead atoms. The van der Waals surface area contributed by atoms with Gasteiger partial charge >= 0.3 is 0 Å². The Balaban J connectivity index is 0.866. The number of nitrogens with zero attached hydrogens (tertiary/aromatic N) is 8. The SMILES string of the molecule is C#CCOCCOCCOCCOCCN1CCN(CCC(=O)NCCCC[C@@H](CO)NC(=O)c2ncn(-c3ncc(OC)c4c(C(=O)C(=O)N5CCC(=C(C#N)c6ccccc6)CC5)c[nH]c34)n2)CC1. The fraction of sp³-hybridized carbons (Fsp3) is 0.520. The first-order valence-electron chi connectivity index (χ1n) is 24.1. The van der Waals surface area contributed by atoms with E-state index in [4.69, 9.17) is 30.1 Å². The average molecular weight is 980 g/mol. The minimum atomic E-state index is -0.740. The molecule has 5 heterocycles. The van der Waals surface area contributed by atoms with Crippen LogP contribution < -0.4 is 15.4 Å². The van der Waals surface area contributed by atoms with Crippen LogP contribution >= 0.6 is 0 Å². The molecule has 0 spiro atoms. The van der Waals surface area contributed by atoms with Crippen molar-refractivity contribution in [1.82, 2.24) is 50.1 Å². The van der Waals surface area contributed by atoms with E-state index in [2.05, 4.69) is 52.5 Å². The number of ketones is 1. The van der Waals surface area contributed by atoms with E-state index in [0.29, 0.717) is 114 Å². The van der Waals surface area contributed by atoms with Gasteiger partial charge in [0, 0.05) is 71.5 Å². The molecule has 21 nitrogen and oxygen atoms in total. The molecular formula is C50H65N11O10. The van der Waals surface area contributed by atoms with Crippen LogP contribution in [0.2, 0.25) is 0 Å². The second-order valence-corrected chi connectivity index (χ2v) is 16.9. The number of terminal acetylenes is 1. The van der Waals surface area contributed by atoms with Crippen LogP contribution in [0.5, 0.6) is 5.75 Å². The van der Waals surface area contributed by atoms with Gasteiger partial charge in [-0.25, -0.2) is 9.97 Å². The monoisotopic (exact) mass is 979 g/mol. The third-order valence-corrected chi connectivity index (χ3v) is 12.2. The number of methoxy groups -OCH3 is 1. The summed E-state index contributed by atoms with van der Waals surface area (Å²) in [5.41, 5.74) is 2.76. The van der Waals surface area contributed by atoms with Gasteiger partial charge in [0.1, 0.15) is 18.7 Å². The van der Waals surface area contributed by atoms with Crippen molar-refractivity contribution in [3.8, 4) is 30.0 Å². The molecule has 2 saturated heterocycles. The van der Waals surface area contributed by atoms with Gasteiger partial charge in [0.2, 0.25) is 11.7 Å². The molecular weight excluding hydrogens is 915 g/mol. The highest BCUT2D eigenvalue weighted by Gasteiger charge is 2.31. The lowest BCUT2D eigenvalue weighted by Gasteiger charge is -2.34. The number of carbonyl (C=O) groups is 4. The number of allylic oxidation sites excluding steroid dienone is 1. The number of aromatic nitrogens is 5. The number of nitriles is 1. The average Bonchev–Trinajstić information content (AvgIpc) is 4.09. The molecule has 6 rings (SSSR count). The van der Waals surface area contributed by atoms with Gasteiger partial charge in [0.15, 0.2) is 5.82 Å². The van der Waals surface area contributed by atoms with Gasteiger partial charge in [0.25, 0.3) is 17.6 Å². The smallest absolute Gasteiger partial charge is 0.295 e. The minimum Gasteiger partial charge on any atom is -0.494 e. The van der Waals surface area contributed by atoms with E-state index in [0.717, 1.165) is 43.9 Å². The van der Waals surface area contributed by atoms with Crippen LogP contribution in [0.4, 0.5) is 0 Å². The first kappa shape index (κ1) is 53.8. The van der Waals surface area contributed by atoms with Crippen molar-refractivity contribution < 1.29 is 48.0 Å². The number of benzene rings is 1. The van der Waals surface area contributed by atoms with E-state index < -0.39 is 23.6 Å². The predicted molar refractivity (Wildman–Crippen MR) is 261 cm³/mol. The number of pyridine rings is 1. The summed E-state index contributed by atoms with van der Waals surface area (Å²) in [4.78, 5) is 71.0. The number of unbranched alkanes of at least 4 members (excludes halogenated alkanes) is 1. The van der Waals surface area contributed by atoms with Gasteiger partial charge in [-0.3, -0.25) is 24.1 Å². The van der Waals surface area contributed by atoms with Gasteiger partial charge < -0.3 is 54.2 Å². The Hall–Kier alpha value is -6.56. The highest BCUT2D eigenvalue weighted by molar-refractivity contribution is 6.45. The van der Waals surface area contributed by atoms with Crippen molar-refractivity contribution in [3.63, 3.8) is 0 Å². The molecule has 380 valence electrons. The van der Waals surface area contributed by atoms with Gasteiger partial charge in [0.05, 0.1) is 100 Å². The topological polar surface area (TPSA) is 252 Å². The van der Waals surface area contributed by atoms with Crippen LogP contribution in [0.25, 0.3) is 22.3 Å². The van der Waals surface area contributed by atoms with Crippen molar-refractivity contribution >= 4 is 40.0 Å². The van der Waals surface area contributed by atoms with Crippen LogP contribution in [0.3, 0.4) is 0 Å². The number of hydrogen-bond acceptors (Lipinski definition) is 16. The lowest BCUT2D eigenvalue weighted by molar-refractivity contribution is -0.126. The van der Waals surface area contributed by atoms with Crippen molar-refractivity contribution in [1.29, 1.82) is 5.26 Å². The van der Waals surface area contributed by atoms with Crippen LogP contribution in [-0.4, -0.2) is 200 Å². The molecule has 3 aromatic heterocycles. The summed E-state index contributed by atoms with van der Waals surface area (Å²) in [6, 6.07) is 11.1. The summed E-state index contributed by atoms with van der Waals surface area (Å²) in [5.74, 6) is 0.644. The molecule has 1 aromatic carbocycles. The first-order chi connectivity index (χ1) is 34.7. The van der Waals surface area contributed by atoms with Crippen molar-refractivity contribution in [2.45, 2.75) is 44.6 Å². The third-order valence-electron chi connectivity index (χ3n) is 12.2. The number of nitrogens with one attached hydrogen (secondary N) is 3. The zero-order chi connectivity index (χ0) is 50.2. The number of piperazine rings is 1. The quantitative estimate of drug-likeness (QED) is 0.0200. The second kappa shape index (κ2) is 28.9. The Morgan fingerprint density at radius 2 is 1.56 bits per heavy atom. The first-order valence-corrected chi connectivity index (χ1v) is 24.1. The number of aliphatic hydroxyl groups excluding tert-OH is 1. The Morgan fingerprint density at radius 1 is 0.887 bits per heavy atom. The molecule has 2 fully saturated rings. The fourth-order valence-electron chi connectivity index (χ4n) is 8.29. The number of hydrogen-bond donors (Lipinski definition) is 4. The van der Waals surface area contributed by atoms with Crippen LogP contribution in [-0.2, 0) is 28.5 Å². The number of likely N-dealkylation sites (tertiary alicyclic amines) is 1. The molecule has 21 heteroatoms. The van der Waals surface area contributed by atoms with E-state index in [9.17, 15) is 29.5 Å². The molecule has 0 aliphatic carbocycles. The number of piperidine rings is 1. The van der Waals surface area contributed by atoms with Gasteiger partial charge in [-0.1, -0.05) is 36.3 Å². The van der Waals surface area contributed by atoms with E-state index in [1.165, 1.54) is 35.4 Å². The maximum Gasteiger partial charge on any atom is 0.295 e. The zero-order valence-electron chi connectivity index (χ0n) is 40.4. The zero-order valence-corrected chi connectivity index (χ0v) is 40.4. The highest BCUT2D eigenvalue weighted by Crippen LogP contribution is 2.33. The predicted octanol–water partition coefficient (Wildman–Crippen LogP) is 2.02. The fourth-order valence-corrected chi connectivity index (χ4v) is 8.29. The molecule has 1 atom stereocenters. The largest absolute Gasteiger partial charge is 0.494 e. The molecule has 4 aromatic rings. The highest BCUT2D eigenvalue weighted by atomic mass is 16.6.